The molecule has 2 rings (SSSR count). The molecule has 0 aliphatic carbocycles. The van der Waals surface area contributed by atoms with Crippen molar-refractivity contribution in [2.75, 3.05) is 10.6 Å². The fraction of sp³-hybridized carbons (Fsp3) is 0.267. The summed E-state index contributed by atoms with van der Waals surface area (Å²) in [5, 5.41) is 6.67. The first-order valence-electron chi connectivity index (χ1n) is 6.41. The number of hydrogen-bond acceptors (Lipinski definition) is 3. The first-order chi connectivity index (χ1) is 9.44. The second-order valence-corrected chi connectivity index (χ2v) is 5.28. The van der Waals surface area contributed by atoms with Crippen LogP contribution in [-0.4, -0.2) is 15.1 Å². The van der Waals surface area contributed by atoms with E-state index in [-0.39, 0.29) is 0 Å². The van der Waals surface area contributed by atoms with Crippen LogP contribution >= 0.6 is 12.2 Å². The van der Waals surface area contributed by atoms with E-state index in [4.69, 9.17) is 12.2 Å². The minimum absolute atomic E-state index is 0.488. The molecule has 0 unspecified atom stereocenters. The zero-order valence-corrected chi connectivity index (χ0v) is 12.9. The lowest BCUT2D eigenvalue weighted by Gasteiger charge is -2.12. The Morgan fingerprint density at radius 2 is 1.60 bits per heavy atom. The maximum Gasteiger partial charge on any atom is 0.229 e. The largest absolute Gasteiger partial charge is 0.332 e. The number of aryl methyl sites for hydroxylation is 4. The van der Waals surface area contributed by atoms with E-state index < -0.39 is 0 Å². The molecule has 0 bridgehead atoms. The summed E-state index contributed by atoms with van der Waals surface area (Å²) in [5.74, 6) is 0.518. The normalized spacial score (nSPS) is 10.2. The number of anilines is 2. The van der Waals surface area contributed by atoms with Crippen molar-refractivity contribution in [1.82, 2.24) is 9.97 Å². The zero-order valence-electron chi connectivity index (χ0n) is 12.1. The Morgan fingerprint density at radius 3 is 2.20 bits per heavy atom. The van der Waals surface area contributed by atoms with Crippen LogP contribution in [0.3, 0.4) is 0 Å². The van der Waals surface area contributed by atoms with Crippen LogP contribution in [0.1, 0.15) is 22.5 Å². The number of nitrogens with zero attached hydrogens (tertiary/aromatic N) is 2. The molecule has 1 aromatic carbocycles. The smallest absolute Gasteiger partial charge is 0.229 e. The van der Waals surface area contributed by atoms with Gasteiger partial charge in [0, 0.05) is 17.1 Å². The summed E-state index contributed by atoms with van der Waals surface area (Å²) in [6, 6.07) is 8.09. The molecule has 0 amide bonds. The Balaban J connectivity index is 2.09. The lowest BCUT2D eigenvalue weighted by molar-refractivity contribution is 1.07. The molecular formula is C15H18N4S. The molecule has 0 spiro atoms. The van der Waals surface area contributed by atoms with Crippen molar-refractivity contribution in [2.24, 2.45) is 0 Å². The van der Waals surface area contributed by atoms with Gasteiger partial charge in [-0.05, 0) is 57.6 Å². The van der Waals surface area contributed by atoms with Crippen molar-refractivity contribution in [1.29, 1.82) is 0 Å². The maximum atomic E-state index is 5.29. The van der Waals surface area contributed by atoms with E-state index in [2.05, 4.69) is 33.6 Å². The van der Waals surface area contributed by atoms with Gasteiger partial charge in [-0.25, -0.2) is 9.97 Å². The number of aromatic nitrogens is 2. The SMILES string of the molecule is Cc1ccc(NC(=S)Nc2nc(C)cc(C)n2)c(C)c1. The molecule has 0 fully saturated rings. The summed E-state index contributed by atoms with van der Waals surface area (Å²) in [6.07, 6.45) is 0. The van der Waals surface area contributed by atoms with Gasteiger partial charge in [-0.3, -0.25) is 0 Å². The predicted molar refractivity (Wildman–Crippen MR) is 87.3 cm³/mol. The van der Waals surface area contributed by atoms with Gasteiger partial charge in [-0.2, -0.15) is 0 Å². The lowest BCUT2D eigenvalue weighted by Crippen LogP contribution is -2.21. The van der Waals surface area contributed by atoms with E-state index in [0.717, 1.165) is 22.6 Å². The minimum atomic E-state index is 0.488. The lowest BCUT2D eigenvalue weighted by atomic mass is 10.1. The summed E-state index contributed by atoms with van der Waals surface area (Å²) < 4.78 is 0. The van der Waals surface area contributed by atoms with Crippen molar-refractivity contribution >= 4 is 29.0 Å². The van der Waals surface area contributed by atoms with Crippen molar-refractivity contribution in [3.05, 3.63) is 46.8 Å². The van der Waals surface area contributed by atoms with Crippen LogP contribution < -0.4 is 10.6 Å². The average molecular weight is 286 g/mol. The molecule has 20 heavy (non-hydrogen) atoms. The Hall–Kier alpha value is -2.01. The molecule has 1 aromatic heterocycles. The highest BCUT2D eigenvalue weighted by Gasteiger charge is 2.04. The van der Waals surface area contributed by atoms with Crippen LogP contribution in [0.25, 0.3) is 0 Å². The van der Waals surface area contributed by atoms with Crippen LogP contribution in [0.2, 0.25) is 0 Å². The number of thiocarbonyl (C=S) groups is 1. The molecule has 2 aromatic rings. The van der Waals surface area contributed by atoms with Gasteiger partial charge in [0.05, 0.1) is 0 Å². The Labute approximate surface area is 124 Å². The highest BCUT2D eigenvalue weighted by molar-refractivity contribution is 7.80. The van der Waals surface area contributed by atoms with Gasteiger partial charge < -0.3 is 10.6 Å². The van der Waals surface area contributed by atoms with Gasteiger partial charge >= 0.3 is 0 Å². The number of nitrogens with one attached hydrogen (secondary N) is 2. The molecule has 0 aliphatic heterocycles. The van der Waals surface area contributed by atoms with Crippen molar-refractivity contribution < 1.29 is 0 Å². The molecule has 4 nitrogen and oxygen atoms in total. The maximum absolute atomic E-state index is 5.29. The van der Waals surface area contributed by atoms with Gasteiger partial charge in [0.1, 0.15) is 0 Å². The molecule has 0 aliphatic rings. The highest BCUT2D eigenvalue weighted by atomic mass is 32.1. The average Bonchev–Trinajstić information content (AvgIpc) is 2.31. The van der Waals surface area contributed by atoms with E-state index in [0.29, 0.717) is 11.1 Å². The first-order valence-corrected chi connectivity index (χ1v) is 6.82. The Kier molecular flexibility index (Phi) is 4.29. The molecule has 104 valence electrons. The predicted octanol–water partition coefficient (Wildman–Crippen LogP) is 3.52. The van der Waals surface area contributed by atoms with Crippen molar-refractivity contribution in [3.63, 3.8) is 0 Å². The standard InChI is InChI=1S/C15H18N4S/c1-9-5-6-13(10(2)7-9)18-15(20)19-14-16-11(3)8-12(4)17-14/h5-8H,1-4H3,(H2,16,17,18,19,20). The third-order valence-corrected chi connectivity index (χ3v) is 3.04. The third-order valence-electron chi connectivity index (χ3n) is 2.84. The quantitative estimate of drug-likeness (QED) is 0.827. The highest BCUT2D eigenvalue weighted by Crippen LogP contribution is 2.16. The minimum Gasteiger partial charge on any atom is -0.332 e. The number of rotatable bonds is 2. The number of benzene rings is 1. The molecular weight excluding hydrogens is 268 g/mol. The molecule has 0 radical (unpaired) electrons. The number of hydrogen-bond donors (Lipinski definition) is 2. The van der Waals surface area contributed by atoms with Gasteiger partial charge in [-0.15, -0.1) is 0 Å². The summed E-state index contributed by atoms with van der Waals surface area (Å²) >= 11 is 5.29. The van der Waals surface area contributed by atoms with E-state index >= 15 is 0 Å². The summed E-state index contributed by atoms with van der Waals surface area (Å²) in [5.41, 5.74) is 5.18. The van der Waals surface area contributed by atoms with Crippen LogP contribution in [0.5, 0.6) is 0 Å². The second-order valence-electron chi connectivity index (χ2n) is 4.87. The monoisotopic (exact) mass is 286 g/mol. The second kappa shape index (κ2) is 5.96. The summed E-state index contributed by atoms with van der Waals surface area (Å²) in [4.78, 5) is 8.60. The molecule has 0 atom stereocenters. The van der Waals surface area contributed by atoms with E-state index in [1.54, 1.807) is 0 Å². The van der Waals surface area contributed by atoms with Gasteiger partial charge in [0.25, 0.3) is 0 Å². The van der Waals surface area contributed by atoms with E-state index in [9.17, 15) is 0 Å². The van der Waals surface area contributed by atoms with Crippen LogP contribution in [0.15, 0.2) is 24.3 Å². The van der Waals surface area contributed by atoms with Crippen LogP contribution in [0, 0.1) is 27.7 Å². The van der Waals surface area contributed by atoms with Gasteiger partial charge in [-0.1, -0.05) is 17.7 Å². The zero-order chi connectivity index (χ0) is 14.7. The Morgan fingerprint density at radius 1 is 0.950 bits per heavy atom. The molecule has 2 N–H and O–H groups in total. The van der Waals surface area contributed by atoms with Crippen molar-refractivity contribution in [3.8, 4) is 0 Å². The van der Waals surface area contributed by atoms with Crippen LogP contribution in [0.4, 0.5) is 11.6 Å². The topological polar surface area (TPSA) is 49.8 Å². The van der Waals surface area contributed by atoms with E-state index in [1.165, 1.54) is 5.56 Å². The fourth-order valence-electron chi connectivity index (χ4n) is 1.99. The summed E-state index contributed by atoms with van der Waals surface area (Å²) in [7, 11) is 0. The molecule has 0 saturated carbocycles. The Bertz CT molecular complexity index is 632. The molecule has 1 heterocycles. The van der Waals surface area contributed by atoms with Gasteiger partial charge in [0.15, 0.2) is 5.11 Å². The van der Waals surface area contributed by atoms with E-state index in [1.807, 2.05) is 39.0 Å². The molecule has 5 heteroatoms. The molecule has 0 saturated heterocycles. The first kappa shape index (κ1) is 14.4. The van der Waals surface area contributed by atoms with Gasteiger partial charge in [0.2, 0.25) is 5.95 Å². The third kappa shape index (κ3) is 3.74. The van der Waals surface area contributed by atoms with Crippen LogP contribution in [-0.2, 0) is 0 Å². The summed E-state index contributed by atoms with van der Waals surface area (Å²) in [6.45, 7) is 7.98. The fourth-order valence-corrected chi connectivity index (χ4v) is 2.19. The van der Waals surface area contributed by atoms with Crippen molar-refractivity contribution in [2.45, 2.75) is 27.7 Å².